The zero-order chi connectivity index (χ0) is 24.2. The van der Waals surface area contributed by atoms with Crippen molar-refractivity contribution in [2.75, 3.05) is 17.7 Å². The molecule has 1 unspecified atom stereocenters. The molecule has 3 atom stereocenters. The first kappa shape index (κ1) is 22.8. The maximum atomic E-state index is 12.4. The normalized spacial score (nSPS) is 21.2. The van der Waals surface area contributed by atoms with Crippen LogP contribution in [0.4, 0.5) is 17.3 Å². The number of nitrogens with one attached hydrogen (secondary N) is 2. The highest BCUT2D eigenvalue weighted by molar-refractivity contribution is 5.96. The minimum atomic E-state index is -0.422. The summed E-state index contributed by atoms with van der Waals surface area (Å²) in [6, 6.07) is 13.8. The van der Waals surface area contributed by atoms with Crippen molar-refractivity contribution in [3.63, 3.8) is 0 Å². The summed E-state index contributed by atoms with van der Waals surface area (Å²) in [5.41, 5.74) is 2.92. The Labute approximate surface area is 205 Å². The van der Waals surface area contributed by atoms with E-state index in [1.807, 2.05) is 6.07 Å². The highest BCUT2D eigenvalue weighted by Gasteiger charge is 2.40. The zero-order valence-electron chi connectivity index (χ0n) is 19.6. The molecular formula is C27H28N6O2. The van der Waals surface area contributed by atoms with Crippen molar-refractivity contribution < 1.29 is 9.53 Å². The number of pyridine rings is 1. The largest absolute Gasteiger partial charge is 0.465 e. The molecule has 0 radical (unpaired) electrons. The Morgan fingerprint density at radius 1 is 1.09 bits per heavy atom. The van der Waals surface area contributed by atoms with E-state index in [-0.39, 0.29) is 6.04 Å². The summed E-state index contributed by atoms with van der Waals surface area (Å²) in [5, 5.41) is 6.75. The number of nitrogens with zero attached hydrogens (tertiary/aromatic N) is 4. The Bertz CT molecular complexity index is 1210. The molecule has 8 nitrogen and oxygen atoms in total. The van der Waals surface area contributed by atoms with Crippen LogP contribution in [0.2, 0.25) is 0 Å². The number of anilines is 3. The average molecular weight is 469 g/mol. The highest BCUT2D eigenvalue weighted by atomic mass is 16.5. The standard InChI is InChI=1S/C27H28N6O2/c1-3-19-14-29-26(16-28-19)32-25-13-24(23(15-30-25)27(34)35-2)31-20-11-21-9-10-22(12-20)33(21)17-18-7-5-4-6-8-18/h1,4-8,13-16,20-22H,9-12,17H2,2H3,(H2,29,30,31,32)/t20?,21-,22+. The first-order valence-corrected chi connectivity index (χ1v) is 11.8. The summed E-state index contributed by atoms with van der Waals surface area (Å²) in [6.07, 6.45) is 14.4. The van der Waals surface area contributed by atoms with Crippen molar-refractivity contribution in [2.45, 2.75) is 50.4 Å². The zero-order valence-corrected chi connectivity index (χ0v) is 19.6. The summed E-state index contributed by atoms with van der Waals surface area (Å²) in [5.74, 6) is 3.09. The number of piperidine rings is 1. The van der Waals surface area contributed by atoms with Gasteiger partial charge in [-0.2, -0.15) is 0 Å². The number of benzene rings is 1. The fourth-order valence-corrected chi connectivity index (χ4v) is 5.18. The molecule has 8 heteroatoms. The summed E-state index contributed by atoms with van der Waals surface area (Å²) in [6.45, 7) is 0.985. The Morgan fingerprint density at radius 2 is 1.83 bits per heavy atom. The number of methoxy groups -OCH3 is 1. The van der Waals surface area contributed by atoms with Crippen LogP contribution in [0.15, 0.2) is 55.0 Å². The molecule has 0 saturated carbocycles. The van der Waals surface area contributed by atoms with Gasteiger partial charge in [0.2, 0.25) is 0 Å². The van der Waals surface area contributed by atoms with Gasteiger partial charge in [-0.15, -0.1) is 6.42 Å². The fourth-order valence-electron chi connectivity index (χ4n) is 5.18. The third-order valence-corrected chi connectivity index (χ3v) is 6.82. The van der Waals surface area contributed by atoms with Gasteiger partial charge >= 0.3 is 5.97 Å². The van der Waals surface area contributed by atoms with Gasteiger partial charge in [-0.25, -0.2) is 19.7 Å². The van der Waals surface area contributed by atoms with E-state index in [4.69, 9.17) is 11.2 Å². The molecule has 2 N–H and O–H groups in total. The van der Waals surface area contributed by atoms with Crippen LogP contribution in [0.1, 0.15) is 47.3 Å². The van der Waals surface area contributed by atoms with Crippen LogP contribution in [0.25, 0.3) is 0 Å². The van der Waals surface area contributed by atoms with Gasteiger partial charge in [-0.3, -0.25) is 4.90 Å². The second-order valence-corrected chi connectivity index (χ2v) is 9.02. The second-order valence-electron chi connectivity index (χ2n) is 9.02. The molecule has 2 fully saturated rings. The fraction of sp³-hybridized carbons (Fsp3) is 0.333. The Balaban J connectivity index is 1.31. The molecule has 0 amide bonds. The second kappa shape index (κ2) is 10.1. The van der Waals surface area contributed by atoms with Gasteiger partial charge in [-0.05, 0) is 37.2 Å². The summed E-state index contributed by atoms with van der Waals surface area (Å²) in [7, 11) is 1.38. The lowest BCUT2D eigenvalue weighted by Crippen LogP contribution is -2.46. The predicted octanol–water partition coefficient (Wildman–Crippen LogP) is 3.99. The summed E-state index contributed by atoms with van der Waals surface area (Å²) < 4.78 is 5.00. The minimum absolute atomic E-state index is 0.257. The molecular weight excluding hydrogens is 440 g/mol. The SMILES string of the molecule is C#Cc1cnc(Nc2cc(NC3C[C@H]4CC[C@@H](C3)N4Cc3ccccc3)c(C(=O)OC)cn2)cn1. The van der Waals surface area contributed by atoms with E-state index in [0.717, 1.165) is 19.4 Å². The van der Waals surface area contributed by atoms with Crippen molar-refractivity contribution in [3.8, 4) is 12.3 Å². The Morgan fingerprint density at radius 3 is 2.49 bits per heavy atom. The van der Waals surface area contributed by atoms with E-state index in [1.165, 1.54) is 37.9 Å². The number of hydrogen-bond acceptors (Lipinski definition) is 8. The molecule has 2 saturated heterocycles. The van der Waals surface area contributed by atoms with Gasteiger partial charge in [0.1, 0.15) is 22.9 Å². The van der Waals surface area contributed by atoms with E-state index < -0.39 is 5.97 Å². The molecule has 3 aromatic rings. The van der Waals surface area contributed by atoms with Gasteiger partial charge in [0.25, 0.3) is 0 Å². The topological polar surface area (TPSA) is 92.3 Å². The van der Waals surface area contributed by atoms with E-state index in [2.05, 4.69) is 66.7 Å². The number of ether oxygens (including phenoxy) is 1. The molecule has 0 aliphatic carbocycles. The third kappa shape index (κ3) is 5.10. The molecule has 0 spiro atoms. The first-order chi connectivity index (χ1) is 17.1. The van der Waals surface area contributed by atoms with Crippen molar-refractivity contribution in [1.82, 2.24) is 19.9 Å². The Kier molecular flexibility index (Phi) is 6.59. The van der Waals surface area contributed by atoms with Gasteiger partial charge in [0.05, 0.1) is 25.2 Å². The third-order valence-electron chi connectivity index (χ3n) is 6.82. The molecule has 35 heavy (non-hydrogen) atoms. The maximum Gasteiger partial charge on any atom is 0.341 e. The molecule has 5 rings (SSSR count). The minimum Gasteiger partial charge on any atom is -0.465 e. The van der Waals surface area contributed by atoms with Crippen molar-refractivity contribution in [2.24, 2.45) is 0 Å². The molecule has 2 aliphatic rings. The molecule has 2 bridgehead atoms. The van der Waals surface area contributed by atoms with Crippen LogP contribution in [-0.2, 0) is 11.3 Å². The van der Waals surface area contributed by atoms with E-state index in [9.17, 15) is 4.79 Å². The number of carbonyl (C=O) groups is 1. The number of aromatic nitrogens is 3. The molecule has 1 aromatic carbocycles. The van der Waals surface area contributed by atoms with Crippen LogP contribution < -0.4 is 10.6 Å². The van der Waals surface area contributed by atoms with Crippen molar-refractivity contribution in [1.29, 1.82) is 0 Å². The monoisotopic (exact) mass is 468 g/mol. The smallest absolute Gasteiger partial charge is 0.341 e. The Hall–Kier alpha value is -3.96. The average Bonchev–Trinajstić information content (AvgIpc) is 3.11. The number of fused-ring (bicyclic) bond motifs is 2. The lowest BCUT2D eigenvalue weighted by atomic mass is 9.96. The predicted molar refractivity (Wildman–Crippen MR) is 134 cm³/mol. The summed E-state index contributed by atoms with van der Waals surface area (Å²) in [4.78, 5) is 27.9. The molecule has 2 aliphatic heterocycles. The van der Waals surface area contributed by atoms with Crippen LogP contribution in [0, 0.1) is 12.3 Å². The quantitative estimate of drug-likeness (QED) is 0.397. The van der Waals surface area contributed by atoms with Gasteiger partial charge in [0.15, 0.2) is 0 Å². The van der Waals surface area contributed by atoms with Crippen LogP contribution in [0.5, 0.6) is 0 Å². The first-order valence-electron chi connectivity index (χ1n) is 11.8. The lowest BCUT2D eigenvalue weighted by molar-refractivity contribution is 0.0601. The number of esters is 1. The van der Waals surface area contributed by atoms with Crippen molar-refractivity contribution >= 4 is 23.3 Å². The van der Waals surface area contributed by atoms with Crippen LogP contribution in [-0.4, -0.2) is 51.1 Å². The number of terminal acetylenes is 1. The van der Waals surface area contributed by atoms with E-state index >= 15 is 0 Å². The number of rotatable bonds is 7. The molecule has 2 aromatic heterocycles. The van der Waals surface area contributed by atoms with Gasteiger partial charge < -0.3 is 15.4 Å². The summed E-state index contributed by atoms with van der Waals surface area (Å²) >= 11 is 0. The molecule has 4 heterocycles. The van der Waals surface area contributed by atoms with E-state index in [1.54, 1.807) is 6.20 Å². The maximum absolute atomic E-state index is 12.4. The lowest BCUT2D eigenvalue weighted by Gasteiger charge is -2.39. The number of hydrogen-bond donors (Lipinski definition) is 2. The van der Waals surface area contributed by atoms with E-state index in [0.29, 0.717) is 40.7 Å². The molecule has 178 valence electrons. The number of carbonyl (C=O) groups excluding carboxylic acids is 1. The van der Waals surface area contributed by atoms with Crippen LogP contribution >= 0.6 is 0 Å². The highest BCUT2D eigenvalue weighted by Crippen LogP contribution is 2.38. The van der Waals surface area contributed by atoms with Gasteiger partial charge in [0, 0.05) is 36.9 Å². The van der Waals surface area contributed by atoms with Gasteiger partial charge in [-0.1, -0.05) is 30.3 Å². The van der Waals surface area contributed by atoms with Crippen LogP contribution in [0.3, 0.4) is 0 Å². The van der Waals surface area contributed by atoms with Crippen molar-refractivity contribution in [3.05, 3.63) is 71.8 Å².